The first-order valence-corrected chi connectivity index (χ1v) is 6.33. The van der Waals surface area contributed by atoms with E-state index in [9.17, 15) is 4.39 Å². The number of aromatic nitrogens is 1. The second kappa shape index (κ2) is 7.67. The van der Waals surface area contributed by atoms with Crippen LogP contribution in [0.4, 0.5) is 4.39 Å². The minimum atomic E-state index is -0.255. The van der Waals surface area contributed by atoms with Crippen LogP contribution >= 0.6 is 12.4 Å². The van der Waals surface area contributed by atoms with Crippen molar-refractivity contribution in [2.24, 2.45) is 5.73 Å². The summed E-state index contributed by atoms with van der Waals surface area (Å²) in [6, 6.07) is 2.12. The van der Waals surface area contributed by atoms with Crippen molar-refractivity contribution in [1.82, 2.24) is 9.88 Å². The van der Waals surface area contributed by atoms with Crippen molar-refractivity contribution in [3.8, 4) is 0 Å². The molecule has 1 unspecified atom stereocenters. The van der Waals surface area contributed by atoms with Crippen LogP contribution in [0.1, 0.15) is 31.2 Å². The minimum absolute atomic E-state index is 0. The van der Waals surface area contributed by atoms with E-state index in [1.54, 1.807) is 12.3 Å². The Bertz CT molecular complexity index is 360. The molecule has 0 radical (unpaired) electrons. The highest BCUT2D eigenvalue weighted by molar-refractivity contribution is 5.85. The number of pyridine rings is 1. The lowest BCUT2D eigenvalue weighted by molar-refractivity contribution is 0.134. The first-order valence-electron chi connectivity index (χ1n) is 6.33. The van der Waals surface area contributed by atoms with Gasteiger partial charge in [-0.15, -0.1) is 12.4 Å². The number of nitrogens with two attached hydrogens (primary N) is 1. The van der Waals surface area contributed by atoms with Crippen molar-refractivity contribution in [2.75, 3.05) is 13.1 Å². The Hall–Kier alpha value is -0.710. The third-order valence-corrected chi connectivity index (χ3v) is 3.40. The third kappa shape index (κ3) is 4.19. The maximum atomic E-state index is 13.1. The van der Waals surface area contributed by atoms with Gasteiger partial charge in [-0.1, -0.05) is 6.42 Å². The fourth-order valence-corrected chi connectivity index (χ4v) is 2.56. The quantitative estimate of drug-likeness (QED) is 0.916. The summed E-state index contributed by atoms with van der Waals surface area (Å²) < 4.78 is 13.1. The van der Waals surface area contributed by atoms with E-state index in [0.717, 1.165) is 31.6 Å². The molecule has 2 rings (SSSR count). The second-order valence-corrected chi connectivity index (χ2v) is 4.71. The number of nitrogens with zero attached hydrogens (tertiary/aromatic N) is 2. The van der Waals surface area contributed by atoms with E-state index >= 15 is 0 Å². The van der Waals surface area contributed by atoms with E-state index in [4.69, 9.17) is 5.73 Å². The van der Waals surface area contributed by atoms with Crippen molar-refractivity contribution in [3.63, 3.8) is 0 Å². The summed E-state index contributed by atoms with van der Waals surface area (Å²) in [5, 5.41) is 0. The molecule has 1 aromatic rings. The minimum Gasteiger partial charge on any atom is -0.330 e. The lowest BCUT2D eigenvalue weighted by Gasteiger charge is -2.35. The largest absolute Gasteiger partial charge is 0.330 e. The highest BCUT2D eigenvalue weighted by Crippen LogP contribution is 2.21. The Morgan fingerprint density at radius 3 is 2.94 bits per heavy atom. The monoisotopic (exact) mass is 273 g/mol. The summed E-state index contributed by atoms with van der Waals surface area (Å²) in [7, 11) is 0. The summed E-state index contributed by atoms with van der Waals surface area (Å²) >= 11 is 0. The van der Waals surface area contributed by atoms with Crippen LogP contribution in [0.5, 0.6) is 0 Å². The van der Waals surface area contributed by atoms with Gasteiger partial charge in [-0.25, -0.2) is 4.39 Å². The van der Waals surface area contributed by atoms with E-state index in [-0.39, 0.29) is 18.2 Å². The average Bonchev–Trinajstić information content (AvgIpc) is 2.32. The Balaban J connectivity index is 0.00000162. The standard InChI is InChI=1S/C13H20FN3.ClH/c14-12-7-11(8-16-9-12)10-17-6-2-1-3-13(17)4-5-15;/h7-9,13H,1-6,10,15H2;1H. The van der Waals surface area contributed by atoms with Gasteiger partial charge in [0, 0.05) is 18.8 Å². The molecule has 5 heteroatoms. The van der Waals surface area contributed by atoms with Crippen LogP contribution in [-0.2, 0) is 6.54 Å². The lowest BCUT2D eigenvalue weighted by Crippen LogP contribution is -2.40. The van der Waals surface area contributed by atoms with Crippen LogP contribution in [0, 0.1) is 5.82 Å². The molecule has 2 N–H and O–H groups in total. The zero-order valence-electron chi connectivity index (χ0n) is 10.5. The maximum Gasteiger partial charge on any atom is 0.141 e. The molecule has 1 aliphatic rings. The van der Waals surface area contributed by atoms with E-state index in [0.29, 0.717) is 6.04 Å². The zero-order valence-corrected chi connectivity index (χ0v) is 11.3. The molecule has 0 aromatic carbocycles. The van der Waals surface area contributed by atoms with Crippen molar-refractivity contribution < 1.29 is 4.39 Å². The molecule has 3 nitrogen and oxygen atoms in total. The fourth-order valence-electron chi connectivity index (χ4n) is 2.56. The summed E-state index contributed by atoms with van der Waals surface area (Å²) in [5.74, 6) is -0.255. The van der Waals surface area contributed by atoms with Crippen molar-refractivity contribution in [2.45, 2.75) is 38.3 Å². The Morgan fingerprint density at radius 1 is 1.39 bits per heavy atom. The molecule has 0 aliphatic carbocycles. The van der Waals surface area contributed by atoms with Gasteiger partial charge in [0.25, 0.3) is 0 Å². The van der Waals surface area contributed by atoms with Gasteiger partial charge in [0.15, 0.2) is 0 Å². The molecule has 1 fully saturated rings. The number of piperidine rings is 1. The SMILES string of the molecule is Cl.NCCC1CCCCN1Cc1cncc(F)c1. The zero-order chi connectivity index (χ0) is 12.1. The maximum absolute atomic E-state index is 13.1. The summed E-state index contributed by atoms with van der Waals surface area (Å²) in [6.07, 6.45) is 7.74. The van der Waals surface area contributed by atoms with Gasteiger partial charge < -0.3 is 5.73 Å². The normalized spacial score (nSPS) is 20.4. The molecule has 102 valence electrons. The van der Waals surface area contributed by atoms with E-state index in [2.05, 4.69) is 9.88 Å². The van der Waals surface area contributed by atoms with Gasteiger partial charge in [-0.2, -0.15) is 0 Å². The molecule has 0 amide bonds. The first kappa shape index (κ1) is 15.3. The number of rotatable bonds is 4. The molecule has 1 aliphatic heterocycles. The number of halogens is 2. The molecule has 1 atom stereocenters. The number of likely N-dealkylation sites (tertiary alicyclic amines) is 1. The smallest absolute Gasteiger partial charge is 0.141 e. The summed E-state index contributed by atoms with van der Waals surface area (Å²) in [4.78, 5) is 6.30. The highest BCUT2D eigenvalue weighted by atomic mass is 35.5. The second-order valence-electron chi connectivity index (χ2n) is 4.71. The summed E-state index contributed by atoms with van der Waals surface area (Å²) in [6.45, 7) is 2.60. The van der Waals surface area contributed by atoms with Crippen LogP contribution in [0.2, 0.25) is 0 Å². The van der Waals surface area contributed by atoms with Gasteiger partial charge in [0.1, 0.15) is 5.82 Å². The predicted octanol–water partition coefficient (Wildman–Crippen LogP) is 2.35. The molecule has 1 aromatic heterocycles. The van der Waals surface area contributed by atoms with Crippen LogP contribution in [-0.4, -0.2) is 29.0 Å². The molecular weight excluding hydrogens is 253 g/mol. The van der Waals surface area contributed by atoms with Crippen LogP contribution < -0.4 is 5.73 Å². The molecule has 0 spiro atoms. The molecule has 18 heavy (non-hydrogen) atoms. The van der Waals surface area contributed by atoms with Crippen LogP contribution in [0.3, 0.4) is 0 Å². The van der Waals surface area contributed by atoms with E-state index < -0.39 is 0 Å². The Labute approximate surface area is 114 Å². The Kier molecular flexibility index (Phi) is 6.54. The van der Waals surface area contributed by atoms with Gasteiger partial charge in [-0.3, -0.25) is 9.88 Å². The molecule has 0 bridgehead atoms. The predicted molar refractivity (Wildman–Crippen MR) is 73.2 cm³/mol. The van der Waals surface area contributed by atoms with Gasteiger partial charge in [-0.05, 0) is 44.0 Å². The van der Waals surface area contributed by atoms with Crippen LogP contribution in [0.25, 0.3) is 0 Å². The number of hydrogen-bond donors (Lipinski definition) is 1. The van der Waals surface area contributed by atoms with Crippen LogP contribution in [0.15, 0.2) is 18.5 Å². The van der Waals surface area contributed by atoms with Crippen molar-refractivity contribution >= 4 is 12.4 Å². The molecule has 2 heterocycles. The van der Waals surface area contributed by atoms with Gasteiger partial charge in [0.05, 0.1) is 6.20 Å². The lowest BCUT2D eigenvalue weighted by atomic mass is 9.99. The first-order chi connectivity index (χ1) is 8.29. The fraction of sp³-hybridized carbons (Fsp3) is 0.615. The average molecular weight is 274 g/mol. The van der Waals surface area contributed by atoms with Gasteiger partial charge in [0.2, 0.25) is 0 Å². The molecule has 1 saturated heterocycles. The van der Waals surface area contributed by atoms with Gasteiger partial charge >= 0.3 is 0 Å². The third-order valence-electron chi connectivity index (χ3n) is 3.40. The van der Waals surface area contributed by atoms with Crippen molar-refractivity contribution in [3.05, 3.63) is 29.8 Å². The molecule has 0 saturated carbocycles. The molecular formula is C13H21ClFN3. The van der Waals surface area contributed by atoms with Crippen molar-refractivity contribution in [1.29, 1.82) is 0 Å². The van der Waals surface area contributed by atoms with E-state index in [1.165, 1.54) is 25.5 Å². The number of hydrogen-bond acceptors (Lipinski definition) is 3. The van der Waals surface area contributed by atoms with E-state index in [1.807, 2.05) is 0 Å². The highest BCUT2D eigenvalue weighted by Gasteiger charge is 2.21. The summed E-state index contributed by atoms with van der Waals surface area (Å²) in [5.41, 5.74) is 6.59. The topological polar surface area (TPSA) is 42.1 Å². The Morgan fingerprint density at radius 2 is 2.22 bits per heavy atom.